The molecule has 2 aromatic heterocycles. The number of anilines is 2. The van der Waals surface area contributed by atoms with Gasteiger partial charge in [-0.1, -0.05) is 19.9 Å². The third kappa shape index (κ3) is 7.88. The molecule has 0 aromatic carbocycles. The minimum absolute atomic E-state index is 0.307. The van der Waals surface area contributed by atoms with E-state index in [4.69, 9.17) is 4.74 Å². The number of rotatable bonds is 15. The maximum atomic E-state index is 5.10. The number of pyridine rings is 1. The molecule has 1 aliphatic carbocycles. The van der Waals surface area contributed by atoms with Crippen LogP contribution in [-0.2, 0) is 4.74 Å². The van der Waals surface area contributed by atoms with Crippen molar-refractivity contribution in [2.75, 3.05) is 44.0 Å². The summed E-state index contributed by atoms with van der Waals surface area (Å²) in [6.07, 6.45) is 10.3. The number of nitrogens with zero attached hydrogens (tertiary/aromatic N) is 3. The standard InChI is InChI=1S/C25H38N6O/c1-5-20(26-14-15-32-4)7-6-19(2)17-29-24-28-13-9-22(31-24)23-16-21(8-12-27-23)30-18-25(3)10-11-25/h5,8-9,12-13,16,19-20,26H,1,6-7,10-11,14-15,17-18H2,2-4H3,(H,27,30)(H,28,29,31)/t19-,20-/m1/s1. The van der Waals surface area contributed by atoms with Gasteiger partial charge in [0.25, 0.3) is 0 Å². The quantitative estimate of drug-likeness (QED) is 0.281. The number of ether oxygens (including phenoxy) is 1. The van der Waals surface area contributed by atoms with Crippen LogP contribution in [-0.4, -0.2) is 54.3 Å². The van der Waals surface area contributed by atoms with Gasteiger partial charge in [0.1, 0.15) is 0 Å². The van der Waals surface area contributed by atoms with E-state index in [0.717, 1.165) is 49.6 Å². The Hall–Kier alpha value is -2.51. The maximum absolute atomic E-state index is 5.10. The molecule has 0 spiro atoms. The fourth-order valence-corrected chi connectivity index (χ4v) is 3.45. The lowest BCUT2D eigenvalue weighted by molar-refractivity contribution is 0.196. The summed E-state index contributed by atoms with van der Waals surface area (Å²) in [5, 5.41) is 10.4. The van der Waals surface area contributed by atoms with E-state index in [1.807, 2.05) is 24.4 Å². The summed E-state index contributed by atoms with van der Waals surface area (Å²) < 4.78 is 5.10. The minimum Gasteiger partial charge on any atom is -0.384 e. The molecule has 3 N–H and O–H groups in total. The van der Waals surface area contributed by atoms with Crippen molar-refractivity contribution in [2.45, 2.75) is 45.6 Å². The van der Waals surface area contributed by atoms with Crippen LogP contribution in [0.2, 0.25) is 0 Å². The van der Waals surface area contributed by atoms with E-state index in [-0.39, 0.29) is 0 Å². The molecule has 1 saturated carbocycles. The van der Waals surface area contributed by atoms with Crippen molar-refractivity contribution in [3.63, 3.8) is 0 Å². The summed E-state index contributed by atoms with van der Waals surface area (Å²) in [5.41, 5.74) is 3.22. The molecule has 2 atom stereocenters. The molecular weight excluding hydrogens is 400 g/mol. The average molecular weight is 439 g/mol. The zero-order chi connectivity index (χ0) is 22.8. The van der Waals surface area contributed by atoms with Crippen molar-refractivity contribution in [2.24, 2.45) is 11.3 Å². The molecule has 1 aliphatic rings. The summed E-state index contributed by atoms with van der Waals surface area (Å²) in [6.45, 7) is 11.9. The maximum Gasteiger partial charge on any atom is 0.223 e. The van der Waals surface area contributed by atoms with Gasteiger partial charge in [0.05, 0.1) is 18.0 Å². The fourth-order valence-electron chi connectivity index (χ4n) is 3.45. The third-order valence-electron chi connectivity index (χ3n) is 6.08. The molecule has 174 valence electrons. The summed E-state index contributed by atoms with van der Waals surface area (Å²) in [5.74, 6) is 1.13. The Kier molecular flexibility index (Phi) is 9.00. The van der Waals surface area contributed by atoms with Crippen molar-refractivity contribution in [1.29, 1.82) is 0 Å². The smallest absolute Gasteiger partial charge is 0.223 e. The molecule has 0 unspecified atom stereocenters. The van der Waals surface area contributed by atoms with Crippen molar-refractivity contribution in [1.82, 2.24) is 20.3 Å². The monoisotopic (exact) mass is 438 g/mol. The van der Waals surface area contributed by atoms with E-state index >= 15 is 0 Å². The van der Waals surface area contributed by atoms with Crippen LogP contribution in [0.5, 0.6) is 0 Å². The average Bonchev–Trinajstić information content (AvgIpc) is 3.56. The SMILES string of the molecule is C=C[C@H](CC[C@@H](C)CNc1nccc(-c2cc(NCC3(C)CC3)ccn2)n1)NCCOC. The number of aromatic nitrogens is 3. The van der Waals surface area contributed by atoms with Gasteiger partial charge in [0.2, 0.25) is 5.95 Å². The van der Waals surface area contributed by atoms with Gasteiger partial charge in [0, 0.05) is 50.9 Å². The number of hydrogen-bond acceptors (Lipinski definition) is 7. The predicted octanol–water partition coefficient (Wildman–Crippen LogP) is 4.37. The highest BCUT2D eigenvalue weighted by Crippen LogP contribution is 2.44. The van der Waals surface area contributed by atoms with Crippen LogP contribution < -0.4 is 16.0 Å². The fraction of sp³-hybridized carbons (Fsp3) is 0.560. The first-order valence-electron chi connectivity index (χ1n) is 11.6. The first-order chi connectivity index (χ1) is 15.5. The molecule has 3 rings (SSSR count). The van der Waals surface area contributed by atoms with Gasteiger partial charge < -0.3 is 20.7 Å². The highest BCUT2D eigenvalue weighted by atomic mass is 16.5. The van der Waals surface area contributed by atoms with Crippen LogP contribution in [0, 0.1) is 11.3 Å². The van der Waals surface area contributed by atoms with E-state index in [1.54, 1.807) is 13.3 Å². The molecule has 0 aliphatic heterocycles. The molecule has 7 nitrogen and oxygen atoms in total. The molecule has 0 bridgehead atoms. The zero-order valence-electron chi connectivity index (χ0n) is 19.7. The number of nitrogens with one attached hydrogen (secondary N) is 3. The second-order valence-electron chi connectivity index (χ2n) is 9.21. The van der Waals surface area contributed by atoms with Crippen LogP contribution in [0.3, 0.4) is 0 Å². The number of methoxy groups -OCH3 is 1. The second-order valence-corrected chi connectivity index (χ2v) is 9.21. The molecule has 0 amide bonds. The Balaban J connectivity index is 1.49. The molecule has 32 heavy (non-hydrogen) atoms. The molecule has 7 heteroatoms. The lowest BCUT2D eigenvalue weighted by Crippen LogP contribution is -2.30. The van der Waals surface area contributed by atoms with Gasteiger partial charge in [-0.2, -0.15) is 0 Å². The summed E-state index contributed by atoms with van der Waals surface area (Å²) in [6, 6.07) is 6.29. The molecular formula is C25H38N6O. The van der Waals surface area contributed by atoms with Gasteiger partial charge in [-0.3, -0.25) is 4.98 Å². The van der Waals surface area contributed by atoms with Crippen LogP contribution >= 0.6 is 0 Å². The predicted molar refractivity (Wildman–Crippen MR) is 132 cm³/mol. The second kappa shape index (κ2) is 11.9. The topological polar surface area (TPSA) is 84.0 Å². The molecule has 1 fully saturated rings. The molecule has 2 aromatic rings. The molecule has 2 heterocycles. The Morgan fingerprint density at radius 3 is 2.72 bits per heavy atom. The first kappa shape index (κ1) is 24.1. The summed E-state index contributed by atoms with van der Waals surface area (Å²) in [7, 11) is 1.72. The largest absolute Gasteiger partial charge is 0.384 e. The van der Waals surface area contributed by atoms with Gasteiger partial charge in [-0.15, -0.1) is 6.58 Å². The van der Waals surface area contributed by atoms with Crippen molar-refractivity contribution >= 4 is 11.6 Å². The normalized spacial score (nSPS) is 16.2. The molecule has 0 radical (unpaired) electrons. The van der Waals surface area contributed by atoms with Crippen LogP contribution in [0.4, 0.5) is 11.6 Å². The van der Waals surface area contributed by atoms with E-state index in [0.29, 0.717) is 29.9 Å². The minimum atomic E-state index is 0.307. The van der Waals surface area contributed by atoms with Crippen LogP contribution in [0.15, 0.2) is 43.2 Å². The van der Waals surface area contributed by atoms with Gasteiger partial charge in [-0.25, -0.2) is 9.97 Å². The Morgan fingerprint density at radius 1 is 1.16 bits per heavy atom. The van der Waals surface area contributed by atoms with E-state index in [2.05, 4.69) is 57.4 Å². The third-order valence-corrected chi connectivity index (χ3v) is 6.08. The van der Waals surface area contributed by atoms with Crippen LogP contribution in [0.25, 0.3) is 11.4 Å². The van der Waals surface area contributed by atoms with Gasteiger partial charge in [0.15, 0.2) is 0 Å². The van der Waals surface area contributed by atoms with Crippen molar-refractivity contribution < 1.29 is 4.74 Å². The summed E-state index contributed by atoms with van der Waals surface area (Å²) in [4.78, 5) is 13.6. The highest BCUT2D eigenvalue weighted by Gasteiger charge is 2.36. The van der Waals surface area contributed by atoms with E-state index in [9.17, 15) is 0 Å². The molecule has 0 saturated heterocycles. The number of hydrogen-bond donors (Lipinski definition) is 3. The van der Waals surface area contributed by atoms with E-state index < -0.39 is 0 Å². The van der Waals surface area contributed by atoms with Crippen molar-refractivity contribution in [3.05, 3.63) is 43.2 Å². The highest BCUT2D eigenvalue weighted by molar-refractivity contribution is 5.61. The Labute approximate surface area is 192 Å². The van der Waals surface area contributed by atoms with Gasteiger partial charge >= 0.3 is 0 Å². The lowest BCUT2D eigenvalue weighted by Gasteiger charge is -2.18. The summed E-state index contributed by atoms with van der Waals surface area (Å²) >= 11 is 0. The van der Waals surface area contributed by atoms with Gasteiger partial charge in [-0.05, 0) is 55.2 Å². The Morgan fingerprint density at radius 2 is 1.97 bits per heavy atom. The Bertz CT molecular complexity index is 854. The van der Waals surface area contributed by atoms with E-state index in [1.165, 1.54) is 12.8 Å². The van der Waals surface area contributed by atoms with Crippen LogP contribution in [0.1, 0.15) is 39.5 Å². The first-order valence-corrected chi connectivity index (χ1v) is 11.6. The van der Waals surface area contributed by atoms with Crippen molar-refractivity contribution in [3.8, 4) is 11.4 Å². The lowest BCUT2D eigenvalue weighted by atomic mass is 10.0. The zero-order valence-corrected chi connectivity index (χ0v) is 19.7.